The Morgan fingerprint density at radius 2 is 1.65 bits per heavy atom. The van der Waals surface area contributed by atoms with Gasteiger partial charge in [-0.3, -0.25) is 14.4 Å². The molecule has 0 fully saturated rings. The molecular formula is C16H30N4O6. The van der Waals surface area contributed by atoms with Crippen molar-refractivity contribution in [1.82, 2.24) is 10.6 Å². The quantitative estimate of drug-likeness (QED) is 0.222. The molecule has 0 spiro atoms. The molecule has 0 saturated heterocycles. The number of carboxylic acids is 2. The zero-order valence-electron chi connectivity index (χ0n) is 15.2. The summed E-state index contributed by atoms with van der Waals surface area (Å²) in [6.07, 6.45) is 1.59. The lowest BCUT2D eigenvalue weighted by Gasteiger charge is -2.26. The molecule has 0 radical (unpaired) electrons. The minimum atomic E-state index is -1.58. The van der Waals surface area contributed by atoms with E-state index in [1.807, 2.05) is 6.92 Å². The predicted molar refractivity (Wildman–Crippen MR) is 94.1 cm³/mol. The highest BCUT2D eigenvalue weighted by Gasteiger charge is 2.31. The van der Waals surface area contributed by atoms with Gasteiger partial charge < -0.3 is 32.3 Å². The van der Waals surface area contributed by atoms with E-state index in [1.165, 1.54) is 0 Å². The van der Waals surface area contributed by atoms with Crippen LogP contribution in [-0.4, -0.2) is 58.6 Å². The number of carboxylic acid groups (broad SMARTS) is 2. The van der Waals surface area contributed by atoms with Crippen LogP contribution in [0.5, 0.6) is 0 Å². The molecule has 0 aromatic carbocycles. The molecule has 0 aliphatic rings. The standard InChI is InChI=1S/C16H30N4O6/c1-3-9(2)13(20-14(23)10(18)6-4-5-7-17)15(24)19-11(16(25)26)8-12(21)22/h9-11,13H,3-8,17-18H2,1-2H3,(H,19,24)(H,20,23)(H,21,22)(H,25,26). The molecule has 0 saturated carbocycles. The van der Waals surface area contributed by atoms with Gasteiger partial charge in [-0.25, -0.2) is 4.79 Å². The predicted octanol–water partition coefficient (Wildman–Crippen LogP) is -0.982. The highest BCUT2D eigenvalue weighted by Crippen LogP contribution is 2.10. The van der Waals surface area contributed by atoms with Crippen LogP contribution in [0, 0.1) is 5.92 Å². The lowest BCUT2D eigenvalue weighted by atomic mass is 9.97. The summed E-state index contributed by atoms with van der Waals surface area (Å²) in [6, 6.07) is -3.40. The third-order valence-corrected chi connectivity index (χ3v) is 4.09. The molecule has 10 heteroatoms. The van der Waals surface area contributed by atoms with Crippen molar-refractivity contribution in [3.05, 3.63) is 0 Å². The van der Waals surface area contributed by atoms with E-state index in [1.54, 1.807) is 6.92 Å². The van der Waals surface area contributed by atoms with E-state index < -0.39 is 48.3 Å². The van der Waals surface area contributed by atoms with Crippen molar-refractivity contribution in [2.24, 2.45) is 17.4 Å². The summed E-state index contributed by atoms with van der Waals surface area (Å²) in [7, 11) is 0. The molecule has 0 bridgehead atoms. The maximum Gasteiger partial charge on any atom is 0.326 e. The van der Waals surface area contributed by atoms with Gasteiger partial charge in [-0.15, -0.1) is 0 Å². The first-order valence-electron chi connectivity index (χ1n) is 8.64. The summed E-state index contributed by atoms with van der Waals surface area (Å²) in [5, 5.41) is 22.5. The van der Waals surface area contributed by atoms with Crippen LogP contribution in [0.15, 0.2) is 0 Å². The Morgan fingerprint density at radius 3 is 2.12 bits per heavy atom. The number of unbranched alkanes of at least 4 members (excludes halogenated alkanes) is 1. The fourth-order valence-corrected chi connectivity index (χ4v) is 2.24. The van der Waals surface area contributed by atoms with Crippen molar-refractivity contribution in [2.45, 2.75) is 64.1 Å². The van der Waals surface area contributed by atoms with Crippen LogP contribution in [0.4, 0.5) is 0 Å². The van der Waals surface area contributed by atoms with Crippen LogP contribution >= 0.6 is 0 Å². The summed E-state index contributed by atoms with van der Waals surface area (Å²) in [4.78, 5) is 46.5. The van der Waals surface area contributed by atoms with Crippen LogP contribution in [0.2, 0.25) is 0 Å². The molecule has 0 aromatic rings. The number of nitrogens with two attached hydrogens (primary N) is 2. The lowest BCUT2D eigenvalue weighted by molar-refractivity contribution is -0.147. The molecule has 0 aromatic heterocycles. The lowest BCUT2D eigenvalue weighted by Crippen LogP contribution is -2.56. The molecule has 0 rings (SSSR count). The topological polar surface area (TPSA) is 185 Å². The van der Waals surface area contributed by atoms with Gasteiger partial charge in [0.25, 0.3) is 0 Å². The first kappa shape index (κ1) is 23.8. The highest BCUT2D eigenvalue weighted by molar-refractivity contribution is 5.92. The third-order valence-electron chi connectivity index (χ3n) is 4.09. The summed E-state index contributed by atoms with van der Waals surface area (Å²) in [5.74, 6) is -4.39. The van der Waals surface area contributed by atoms with Gasteiger partial charge in [-0.05, 0) is 25.3 Å². The maximum atomic E-state index is 12.4. The second-order valence-electron chi connectivity index (χ2n) is 6.26. The van der Waals surface area contributed by atoms with Crippen LogP contribution in [0.25, 0.3) is 0 Å². The number of hydrogen-bond acceptors (Lipinski definition) is 6. The number of carbonyl (C=O) groups excluding carboxylic acids is 2. The SMILES string of the molecule is CCC(C)C(NC(=O)C(N)CCCCN)C(=O)NC(CC(=O)O)C(=O)O. The first-order chi connectivity index (χ1) is 12.1. The number of aliphatic carboxylic acids is 2. The van der Waals surface area contributed by atoms with Crippen LogP contribution in [0.1, 0.15) is 46.0 Å². The van der Waals surface area contributed by atoms with Crippen molar-refractivity contribution in [2.75, 3.05) is 6.54 Å². The van der Waals surface area contributed by atoms with E-state index in [0.717, 1.165) is 6.42 Å². The summed E-state index contributed by atoms with van der Waals surface area (Å²) in [5.41, 5.74) is 11.2. The van der Waals surface area contributed by atoms with Crippen molar-refractivity contribution >= 4 is 23.8 Å². The average Bonchev–Trinajstić information content (AvgIpc) is 2.57. The van der Waals surface area contributed by atoms with Crippen molar-refractivity contribution in [3.8, 4) is 0 Å². The maximum absolute atomic E-state index is 12.4. The second kappa shape index (κ2) is 12.2. The average molecular weight is 374 g/mol. The van der Waals surface area contributed by atoms with Gasteiger partial charge >= 0.3 is 11.9 Å². The summed E-state index contributed by atoms with van der Waals surface area (Å²) in [6.45, 7) is 4.02. The number of rotatable bonds is 13. The monoisotopic (exact) mass is 374 g/mol. The molecule has 4 unspecified atom stereocenters. The van der Waals surface area contributed by atoms with Crippen LogP contribution in [-0.2, 0) is 19.2 Å². The number of amides is 2. The molecule has 0 aliphatic carbocycles. The van der Waals surface area contributed by atoms with Crippen LogP contribution < -0.4 is 22.1 Å². The number of carbonyl (C=O) groups is 4. The fourth-order valence-electron chi connectivity index (χ4n) is 2.24. The van der Waals surface area contributed by atoms with E-state index in [9.17, 15) is 19.2 Å². The molecule has 0 heterocycles. The molecule has 4 atom stereocenters. The smallest absolute Gasteiger partial charge is 0.326 e. The summed E-state index contributed by atoms with van der Waals surface area (Å²) >= 11 is 0. The fraction of sp³-hybridized carbons (Fsp3) is 0.750. The van der Waals surface area contributed by atoms with Gasteiger partial charge in [-0.1, -0.05) is 26.7 Å². The first-order valence-corrected chi connectivity index (χ1v) is 8.64. The molecule has 10 nitrogen and oxygen atoms in total. The molecule has 8 N–H and O–H groups in total. The minimum absolute atomic E-state index is 0.297. The van der Waals surface area contributed by atoms with Crippen molar-refractivity contribution < 1.29 is 29.4 Å². The summed E-state index contributed by atoms with van der Waals surface area (Å²) < 4.78 is 0. The van der Waals surface area contributed by atoms with Gasteiger partial charge in [0.05, 0.1) is 12.5 Å². The van der Waals surface area contributed by atoms with Gasteiger partial charge in [0, 0.05) is 0 Å². The molecule has 150 valence electrons. The number of hydrogen-bond donors (Lipinski definition) is 6. The Hall–Kier alpha value is -2.20. The van der Waals surface area contributed by atoms with E-state index in [4.69, 9.17) is 21.7 Å². The van der Waals surface area contributed by atoms with Gasteiger partial charge in [0.15, 0.2) is 0 Å². The molecule has 0 aliphatic heterocycles. The Balaban J connectivity index is 5.01. The Labute approximate surface area is 152 Å². The van der Waals surface area contributed by atoms with E-state index >= 15 is 0 Å². The largest absolute Gasteiger partial charge is 0.481 e. The molecule has 26 heavy (non-hydrogen) atoms. The normalized spacial score (nSPS) is 15.4. The van der Waals surface area contributed by atoms with E-state index in [2.05, 4.69) is 10.6 Å². The second-order valence-corrected chi connectivity index (χ2v) is 6.26. The minimum Gasteiger partial charge on any atom is -0.481 e. The molecule has 2 amide bonds. The molecular weight excluding hydrogens is 344 g/mol. The Bertz CT molecular complexity index is 499. The van der Waals surface area contributed by atoms with Crippen molar-refractivity contribution in [1.29, 1.82) is 0 Å². The highest BCUT2D eigenvalue weighted by atomic mass is 16.4. The van der Waals surface area contributed by atoms with Gasteiger partial charge in [0.2, 0.25) is 11.8 Å². The van der Waals surface area contributed by atoms with Gasteiger partial charge in [-0.2, -0.15) is 0 Å². The van der Waals surface area contributed by atoms with Crippen LogP contribution in [0.3, 0.4) is 0 Å². The van der Waals surface area contributed by atoms with Gasteiger partial charge in [0.1, 0.15) is 12.1 Å². The van der Waals surface area contributed by atoms with E-state index in [0.29, 0.717) is 25.8 Å². The zero-order valence-corrected chi connectivity index (χ0v) is 15.2. The van der Waals surface area contributed by atoms with Crippen molar-refractivity contribution in [3.63, 3.8) is 0 Å². The zero-order chi connectivity index (χ0) is 20.3. The number of nitrogens with one attached hydrogen (secondary N) is 2. The van der Waals surface area contributed by atoms with E-state index in [-0.39, 0.29) is 5.92 Å². The Morgan fingerprint density at radius 1 is 1.04 bits per heavy atom. The Kier molecular flexibility index (Phi) is 11.2. The third kappa shape index (κ3) is 8.77.